The molecule has 0 bridgehead atoms. The van der Waals surface area contributed by atoms with Gasteiger partial charge in [-0.15, -0.1) is 11.8 Å². The van der Waals surface area contributed by atoms with Crippen molar-refractivity contribution >= 4 is 29.7 Å². The van der Waals surface area contributed by atoms with Gasteiger partial charge in [0.15, 0.2) is 0 Å². The largest absolute Gasteiger partial charge is 0.481 e. The van der Waals surface area contributed by atoms with Crippen LogP contribution in [0.1, 0.15) is 6.42 Å². The molecule has 0 amide bonds. The van der Waals surface area contributed by atoms with Crippen molar-refractivity contribution in [3.8, 4) is 0 Å². The maximum Gasteiger partial charge on any atom is 0.321 e. The van der Waals surface area contributed by atoms with Crippen LogP contribution >= 0.6 is 11.8 Å². The highest BCUT2D eigenvalue weighted by atomic mass is 32.2. The van der Waals surface area contributed by atoms with E-state index in [2.05, 4.69) is 0 Å². The summed E-state index contributed by atoms with van der Waals surface area (Å²) >= 11 is 0.708. The molecule has 0 unspecified atom stereocenters. The van der Waals surface area contributed by atoms with E-state index < -0.39 is 35.6 Å². The second kappa shape index (κ2) is 6.25. The first-order chi connectivity index (χ1) is 6.84. The van der Waals surface area contributed by atoms with Gasteiger partial charge in [0.1, 0.15) is 11.3 Å². The molecule has 0 saturated heterocycles. The third-order valence-corrected chi connectivity index (χ3v) is 2.75. The lowest BCUT2D eigenvalue weighted by Crippen LogP contribution is -2.34. The van der Waals surface area contributed by atoms with E-state index in [4.69, 9.17) is 21.1 Å². The van der Waals surface area contributed by atoms with Gasteiger partial charge in [-0.3, -0.25) is 14.4 Å². The Balaban J connectivity index is 4.13. The molecule has 5 N–H and O–H groups in total. The van der Waals surface area contributed by atoms with Crippen LogP contribution in [0.4, 0.5) is 0 Å². The summed E-state index contributed by atoms with van der Waals surface area (Å²) < 4.78 is 0. The molecule has 86 valence electrons. The Labute approximate surface area is 89.3 Å². The molecule has 0 spiro atoms. The molecule has 0 fully saturated rings. The number of carboxylic acid groups (broad SMARTS) is 3. The van der Waals surface area contributed by atoms with E-state index in [0.29, 0.717) is 11.8 Å². The maximum atomic E-state index is 10.5. The van der Waals surface area contributed by atoms with Gasteiger partial charge in [0.25, 0.3) is 0 Å². The molecule has 0 aromatic heterocycles. The van der Waals surface area contributed by atoms with E-state index in [1.165, 1.54) is 0 Å². The summed E-state index contributed by atoms with van der Waals surface area (Å²) in [6.45, 7) is 0. The predicted molar refractivity (Wildman–Crippen MR) is 51.7 cm³/mol. The van der Waals surface area contributed by atoms with Gasteiger partial charge in [-0.05, 0) is 0 Å². The van der Waals surface area contributed by atoms with Crippen LogP contribution in [0.15, 0.2) is 0 Å². The minimum absolute atomic E-state index is 0.139. The second-order valence-electron chi connectivity index (χ2n) is 2.70. The maximum absolute atomic E-state index is 10.5. The molecule has 0 heterocycles. The molecule has 0 rings (SSSR count). The van der Waals surface area contributed by atoms with Gasteiger partial charge in [-0.2, -0.15) is 0 Å². The van der Waals surface area contributed by atoms with Crippen molar-refractivity contribution in [3.63, 3.8) is 0 Å². The van der Waals surface area contributed by atoms with Crippen molar-refractivity contribution < 1.29 is 29.7 Å². The molecule has 0 aromatic carbocycles. The highest BCUT2D eigenvalue weighted by Gasteiger charge is 2.23. The number of thioether (sulfide) groups is 1. The molecule has 15 heavy (non-hydrogen) atoms. The zero-order valence-corrected chi connectivity index (χ0v) is 8.44. The first-order valence-electron chi connectivity index (χ1n) is 3.89. The van der Waals surface area contributed by atoms with Gasteiger partial charge >= 0.3 is 17.9 Å². The summed E-state index contributed by atoms with van der Waals surface area (Å²) in [5, 5.41) is 24.2. The van der Waals surface area contributed by atoms with E-state index in [1.54, 1.807) is 0 Å². The Morgan fingerprint density at radius 1 is 1.13 bits per heavy atom. The second-order valence-corrected chi connectivity index (χ2v) is 3.94. The zero-order valence-electron chi connectivity index (χ0n) is 7.62. The Morgan fingerprint density at radius 3 is 2.00 bits per heavy atom. The van der Waals surface area contributed by atoms with Crippen LogP contribution in [0, 0.1) is 0 Å². The quantitative estimate of drug-likeness (QED) is 0.445. The van der Waals surface area contributed by atoms with Crippen molar-refractivity contribution in [3.05, 3.63) is 0 Å². The van der Waals surface area contributed by atoms with Crippen molar-refractivity contribution in [1.82, 2.24) is 0 Å². The van der Waals surface area contributed by atoms with Crippen molar-refractivity contribution in [2.24, 2.45) is 5.73 Å². The number of hydrogen-bond donors (Lipinski definition) is 4. The summed E-state index contributed by atoms with van der Waals surface area (Å²) in [6.07, 6.45) is -0.563. The lowest BCUT2D eigenvalue weighted by Gasteiger charge is -2.11. The lowest BCUT2D eigenvalue weighted by atomic mass is 10.3. The summed E-state index contributed by atoms with van der Waals surface area (Å²) in [5.41, 5.74) is 5.13. The topological polar surface area (TPSA) is 138 Å². The first kappa shape index (κ1) is 13.7. The fraction of sp³-hybridized carbons (Fsp3) is 0.571. The number of carboxylic acids is 3. The van der Waals surface area contributed by atoms with Crippen LogP contribution in [0.3, 0.4) is 0 Å². The van der Waals surface area contributed by atoms with Crippen molar-refractivity contribution in [1.29, 1.82) is 0 Å². The Hall–Kier alpha value is -1.28. The molecule has 2 atom stereocenters. The van der Waals surface area contributed by atoms with Crippen molar-refractivity contribution in [2.45, 2.75) is 17.7 Å². The number of nitrogens with two attached hydrogens (primary N) is 1. The average Bonchev–Trinajstić information content (AvgIpc) is 2.10. The van der Waals surface area contributed by atoms with Gasteiger partial charge in [0.2, 0.25) is 0 Å². The lowest BCUT2D eigenvalue weighted by molar-refractivity contribution is -0.142. The number of rotatable bonds is 7. The third kappa shape index (κ3) is 5.92. The fourth-order valence-electron chi connectivity index (χ4n) is 0.667. The highest BCUT2D eigenvalue weighted by Crippen LogP contribution is 2.15. The van der Waals surface area contributed by atoms with Crippen LogP contribution in [0.5, 0.6) is 0 Å². The molecule has 0 aromatic rings. The number of aliphatic carboxylic acids is 3. The molecule has 0 aliphatic heterocycles. The van der Waals surface area contributed by atoms with Gasteiger partial charge in [-0.1, -0.05) is 0 Å². The van der Waals surface area contributed by atoms with Gasteiger partial charge in [0, 0.05) is 5.75 Å². The van der Waals surface area contributed by atoms with Crippen LogP contribution in [0.25, 0.3) is 0 Å². The minimum Gasteiger partial charge on any atom is -0.481 e. The van der Waals surface area contributed by atoms with E-state index >= 15 is 0 Å². The minimum atomic E-state index is -1.29. The summed E-state index contributed by atoms with van der Waals surface area (Å²) in [5.74, 6) is -3.93. The third-order valence-electron chi connectivity index (χ3n) is 1.43. The Morgan fingerprint density at radius 2 is 1.67 bits per heavy atom. The molecular weight excluding hydrogens is 226 g/mol. The fourth-order valence-corrected chi connectivity index (χ4v) is 1.65. The zero-order chi connectivity index (χ0) is 12.0. The summed E-state index contributed by atoms with van der Waals surface area (Å²) in [4.78, 5) is 31.1. The molecule has 0 radical (unpaired) electrons. The molecule has 7 nitrogen and oxygen atoms in total. The van der Waals surface area contributed by atoms with Crippen LogP contribution < -0.4 is 5.73 Å². The first-order valence-corrected chi connectivity index (χ1v) is 4.94. The van der Waals surface area contributed by atoms with E-state index in [0.717, 1.165) is 0 Å². The molecule has 0 aliphatic rings. The monoisotopic (exact) mass is 237 g/mol. The smallest absolute Gasteiger partial charge is 0.321 e. The van der Waals surface area contributed by atoms with E-state index in [1.807, 2.05) is 0 Å². The number of hydrogen-bond acceptors (Lipinski definition) is 5. The Kier molecular flexibility index (Phi) is 5.72. The van der Waals surface area contributed by atoms with Crippen LogP contribution in [0.2, 0.25) is 0 Å². The van der Waals surface area contributed by atoms with Gasteiger partial charge < -0.3 is 21.1 Å². The highest BCUT2D eigenvalue weighted by molar-refractivity contribution is 8.00. The van der Waals surface area contributed by atoms with Gasteiger partial charge in [0.05, 0.1) is 6.42 Å². The normalized spacial score (nSPS) is 14.2. The van der Waals surface area contributed by atoms with Crippen LogP contribution in [-0.4, -0.2) is 50.3 Å². The molecule has 0 saturated carbocycles. The molecule has 8 heteroatoms. The Bertz CT molecular complexity index is 268. The number of carbonyl (C=O) groups is 3. The molecular formula is C7H11NO6S. The van der Waals surface area contributed by atoms with Gasteiger partial charge in [-0.25, -0.2) is 0 Å². The van der Waals surface area contributed by atoms with E-state index in [9.17, 15) is 14.4 Å². The van der Waals surface area contributed by atoms with E-state index in [-0.39, 0.29) is 5.75 Å². The standard InChI is InChI=1S/C7H11NO6S/c8-3(6(11)12)2-15-4(7(13)14)1-5(9)10/h3-4H,1-2,8H2,(H,9,10)(H,11,12)(H,13,14)/t3-,4+/m1/s1. The predicted octanol–water partition coefficient (Wildman–Crippen LogP) is -0.941. The SMILES string of the molecule is N[C@H](CS[C@@H](CC(=O)O)C(=O)O)C(=O)O. The summed E-state index contributed by atoms with van der Waals surface area (Å²) in [7, 11) is 0. The summed E-state index contributed by atoms with van der Waals surface area (Å²) in [6, 6.07) is -1.19. The van der Waals surface area contributed by atoms with Crippen LogP contribution in [-0.2, 0) is 14.4 Å². The molecule has 0 aliphatic carbocycles. The van der Waals surface area contributed by atoms with Crippen molar-refractivity contribution in [2.75, 3.05) is 5.75 Å². The average molecular weight is 237 g/mol.